The molecule has 2 bridgehead atoms. The zero-order valence-corrected chi connectivity index (χ0v) is 15.2. The van der Waals surface area contributed by atoms with Gasteiger partial charge in [0.2, 0.25) is 0 Å². The van der Waals surface area contributed by atoms with Gasteiger partial charge in [0.25, 0.3) is 0 Å². The second-order valence-electron chi connectivity index (χ2n) is 8.50. The minimum absolute atomic E-state index is 0.00310. The summed E-state index contributed by atoms with van der Waals surface area (Å²) in [5.74, 6) is -0.641. The normalized spacial score (nSPS) is 46.7. The van der Waals surface area contributed by atoms with Crippen LogP contribution in [0.1, 0.15) is 26.2 Å². The summed E-state index contributed by atoms with van der Waals surface area (Å²) < 4.78 is 25.0. The highest BCUT2D eigenvalue weighted by Gasteiger charge is 2.78. The van der Waals surface area contributed by atoms with Crippen LogP contribution in [0.3, 0.4) is 0 Å². The number of sulfone groups is 1. The van der Waals surface area contributed by atoms with Gasteiger partial charge in [-0.3, -0.25) is 9.59 Å². The van der Waals surface area contributed by atoms with Crippen LogP contribution in [0.15, 0.2) is 44.0 Å². The summed E-state index contributed by atoms with van der Waals surface area (Å²) in [6.07, 6.45) is 5.49. The zero-order valence-electron chi connectivity index (χ0n) is 14.4. The molecule has 2 aliphatic heterocycles. The third-order valence-electron chi connectivity index (χ3n) is 7.61. The molecule has 0 N–H and O–H groups in total. The van der Waals surface area contributed by atoms with Gasteiger partial charge in [0.15, 0.2) is 26.9 Å². The number of ketones is 2. The lowest BCUT2D eigenvalue weighted by Crippen LogP contribution is -2.63. The summed E-state index contributed by atoms with van der Waals surface area (Å²) >= 11 is 0. The number of allylic oxidation sites excluding steroid dienone is 4. The molecule has 0 aromatic rings. The maximum Gasteiger partial charge on any atom is 0.191 e. The van der Waals surface area contributed by atoms with Crippen molar-refractivity contribution in [2.45, 2.75) is 31.7 Å². The maximum atomic E-state index is 13.8. The number of fused-ring (bicyclic) bond motifs is 4. The molecular formula is C19H18N2O4S. The van der Waals surface area contributed by atoms with Crippen LogP contribution in [0.25, 0.3) is 0 Å². The highest BCUT2D eigenvalue weighted by Crippen LogP contribution is 2.68. The minimum Gasteiger partial charge on any atom is -0.294 e. The van der Waals surface area contributed by atoms with Crippen LogP contribution in [0.5, 0.6) is 0 Å². The topological polar surface area (TPSA) is 93.0 Å². The molecule has 5 unspecified atom stereocenters. The first-order chi connectivity index (χ1) is 12.3. The van der Waals surface area contributed by atoms with Crippen LogP contribution in [0.2, 0.25) is 0 Å². The SMILES string of the molecule is CC1=C2C(CCS2(=O)=O)C2=C(C1)C(=O)C13CN=NC1(C2=O)C1C=CC3C1. The van der Waals surface area contributed by atoms with Crippen molar-refractivity contribution in [2.24, 2.45) is 33.4 Å². The molecule has 134 valence electrons. The van der Waals surface area contributed by atoms with Gasteiger partial charge >= 0.3 is 0 Å². The molecule has 4 aliphatic carbocycles. The minimum atomic E-state index is -3.33. The van der Waals surface area contributed by atoms with E-state index >= 15 is 0 Å². The van der Waals surface area contributed by atoms with Gasteiger partial charge in [-0.25, -0.2) is 8.42 Å². The van der Waals surface area contributed by atoms with Crippen molar-refractivity contribution in [1.82, 2.24) is 0 Å². The Labute approximate surface area is 151 Å². The third-order valence-corrected chi connectivity index (χ3v) is 9.69. The lowest BCUT2D eigenvalue weighted by Gasteiger charge is -2.47. The molecule has 0 aromatic heterocycles. The summed E-state index contributed by atoms with van der Waals surface area (Å²) in [5.41, 5.74) is -0.277. The molecule has 1 saturated carbocycles. The molecule has 2 heterocycles. The Morgan fingerprint density at radius 1 is 1.15 bits per heavy atom. The molecule has 6 rings (SSSR count). The standard InChI is InChI=1S/C19H18N2O4S/c1-9-6-13-14(12-4-5-26(24,25)15(9)12)17(23)19-11-3-2-10(7-11)18(19,16(13)22)8-20-21-19/h2-3,10-12H,4-8H2,1H3. The number of rotatable bonds is 0. The van der Waals surface area contributed by atoms with Gasteiger partial charge < -0.3 is 0 Å². The molecule has 26 heavy (non-hydrogen) atoms. The first-order valence-electron chi connectivity index (χ1n) is 9.16. The van der Waals surface area contributed by atoms with Gasteiger partial charge in [0.05, 0.1) is 22.6 Å². The van der Waals surface area contributed by atoms with Crippen molar-refractivity contribution >= 4 is 21.4 Å². The number of azo groups is 1. The summed E-state index contributed by atoms with van der Waals surface area (Å²) in [4.78, 5) is 27.9. The Bertz CT molecular complexity index is 1060. The van der Waals surface area contributed by atoms with E-state index in [2.05, 4.69) is 16.3 Å². The Kier molecular flexibility index (Phi) is 2.43. The monoisotopic (exact) mass is 370 g/mol. The first-order valence-corrected chi connectivity index (χ1v) is 10.8. The van der Waals surface area contributed by atoms with E-state index in [1.54, 1.807) is 6.92 Å². The zero-order chi connectivity index (χ0) is 18.1. The Morgan fingerprint density at radius 3 is 2.73 bits per heavy atom. The molecule has 0 spiro atoms. The summed E-state index contributed by atoms with van der Waals surface area (Å²) in [6.45, 7) is 2.06. The lowest BCUT2D eigenvalue weighted by molar-refractivity contribution is -0.139. The predicted octanol–water partition coefficient (Wildman–Crippen LogP) is 1.94. The predicted molar refractivity (Wildman–Crippen MR) is 91.9 cm³/mol. The number of carbonyl (C=O) groups excluding carboxylic acids is 2. The molecule has 7 heteroatoms. The first kappa shape index (κ1) is 15.2. The van der Waals surface area contributed by atoms with Crippen molar-refractivity contribution in [1.29, 1.82) is 0 Å². The molecule has 0 radical (unpaired) electrons. The lowest BCUT2D eigenvalue weighted by atomic mass is 9.52. The van der Waals surface area contributed by atoms with E-state index in [1.165, 1.54) is 0 Å². The van der Waals surface area contributed by atoms with Crippen LogP contribution in [0, 0.1) is 23.2 Å². The third kappa shape index (κ3) is 1.27. The van der Waals surface area contributed by atoms with Gasteiger partial charge in [-0.05, 0) is 32.1 Å². The van der Waals surface area contributed by atoms with E-state index in [0.717, 1.165) is 12.0 Å². The van der Waals surface area contributed by atoms with Crippen LogP contribution in [0.4, 0.5) is 0 Å². The van der Waals surface area contributed by atoms with Crippen LogP contribution >= 0.6 is 0 Å². The summed E-state index contributed by atoms with van der Waals surface area (Å²) in [7, 11) is -3.33. The largest absolute Gasteiger partial charge is 0.294 e. The van der Waals surface area contributed by atoms with Crippen LogP contribution in [-0.2, 0) is 19.4 Å². The Balaban J connectivity index is 1.63. The van der Waals surface area contributed by atoms with Gasteiger partial charge in [-0.15, -0.1) is 0 Å². The summed E-state index contributed by atoms with van der Waals surface area (Å²) in [6, 6.07) is 0. The molecule has 0 amide bonds. The number of Topliss-reactive ketones (excluding diaryl/α,β-unsaturated/α-hetero) is 2. The van der Waals surface area contributed by atoms with Crippen molar-refractivity contribution in [3.63, 3.8) is 0 Å². The fraction of sp³-hybridized carbons (Fsp3) is 0.579. The second-order valence-corrected chi connectivity index (χ2v) is 10.6. The number of hydrogen-bond acceptors (Lipinski definition) is 6. The van der Waals surface area contributed by atoms with Gasteiger partial charge in [-0.1, -0.05) is 17.7 Å². The van der Waals surface area contributed by atoms with Gasteiger partial charge in [-0.2, -0.15) is 10.2 Å². The molecule has 2 fully saturated rings. The molecule has 6 aliphatic rings. The molecule has 0 aromatic carbocycles. The van der Waals surface area contributed by atoms with Crippen LogP contribution < -0.4 is 0 Å². The number of nitrogens with zero attached hydrogens (tertiary/aromatic N) is 2. The van der Waals surface area contributed by atoms with Crippen molar-refractivity contribution in [3.05, 3.63) is 33.8 Å². The van der Waals surface area contributed by atoms with E-state index in [0.29, 0.717) is 22.5 Å². The highest BCUT2D eigenvalue weighted by molar-refractivity contribution is 7.95. The fourth-order valence-corrected chi connectivity index (χ4v) is 8.71. The van der Waals surface area contributed by atoms with Crippen molar-refractivity contribution in [2.75, 3.05) is 12.3 Å². The maximum absolute atomic E-state index is 13.8. The van der Waals surface area contributed by atoms with Crippen molar-refractivity contribution < 1.29 is 18.0 Å². The molecular weight excluding hydrogens is 352 g/mol. The Hall–Kier alpha value is -1.89. The molecule has 1 saturated heterocycles. The molecule has 5 atom stereocenters. The van der Waals surface area contributed by atoms with E-state index in [-0.39, 0.29) is 42.1 Å². The highest BCUT2D eigenvalue weighted by atomic mass is 32.2. The van der Waals surface area contributed by atoms with E-state index in [4.69, 9.17) is 0 Å². The van der Waals surface area contributed by atoms with Gasteiger partial charge in [0.1, 0.15) is 0 Å². The second kappa shape index (κ2) is 4.16. The van der Waals surface area contributed by atoms with E-state index in [1.807, 2.05) is 6.08 Å². The van der Waals surface area contributed by atoms with Gasteiger partial charge in [0, 0.05) is 23.0 Å². The smallest absolute Gasteiger partial charge is 0.191 e. The van der Waals surface area contributed by atoms with Crippen LogP contribution in [-0.4, -0.2) is 37.8 Å². The Morgan fingerprint density at radius 2 is 1.92 bits per heavy atom. The van der Waals surface area contributed by atoms with E-state index in [9.17, 15) is 18.0 Å². The van der Waals surface area contributed by atoms with E-state index < -0.39 is 26.7 Å². The average molecular weight is 370 g/mol. The quantitative estimate of drug-likeness (QED) is 0.609. The average Bonchev–Trinajstić information content (AvgIpc) is 3.31. The number of hydrogen-bond donors (Lipinski definition) is 0. The summed E-state index contributed by atoms with van der Waals surface area (Å²) in [5, 5.41) is 8.63. The molecule has 6 nitrogen and oxygen atoms in total. The van der Waals surface area contributed by atoms with Crippen molar-refractivity contribution in [3.8, 4) is 0 Å². The number of carbonyl (C=O) groups is 2. The fourth-order valence-electron chi connectivity index (χ4n) is 6.68.